The van der Waals surface area contributed by atoms with Crippen LogP contribution in [-0.4, -0.2) is 43.4 Å². The van der Waals surface area contributed by atoms with Gasteiger partial charge in [-0.15, -0.1) is 0 Å². The number of sulfonamides is 1. The van der Waals surface area contributed by atoms with Crippen molar-refractivity contribution in [2.45, 2.75) is 31.3 Å². The lowest BCUT2D eigenvalue weighted by Gasteiger charge is -2.25. The minimum Gasteiger partial charge on any atom is -0.310 e. The van der Waals surface area contributed by atoms with E-state index < -0.39 is 15.8 Å². The van der Waals surface area contributed by atoms with E-state index in [4.69, 9.17) is 0 Å². The van der Waals surface area contributed by atoms with Gasteiger partial charge in [0.25, 0.3) is 0 Å². The quantitative estimate of drug-likeness (QED) is 0.897. The molecule has 0 amide bonds. The smallest absolute Gasteiger partial charge is 0.246 e. The summed E-state index contributed by atoms with van der Waals surface area (Å²) in [6.45, 7) is 5.43. The number of nitrogens with one attached hydrogen (secondary N) is 1. The van der Waals surface area contributed by atoms with Crippen molar-refractivity contribution in [2.75, 3.05) is 24.6 Å². The fraction of sp³-hybridized carbons (Fsp3) is 0.571. The third-order valence-electron chi connectivity index (χ3n) is 3.30. The van der Waals surface area contributed by atoms with E-state index in [1.165, 1.54) is 16.4 Å². The van der Waals surface area contributed by atoms with Crippen LogP contribution in [0.15, 0.2) is 23.1 Å². The zero-order valence-electron chi connectivity index (χ0n) is 12.3. The monoisotopic (exact) mass is 332 g/mol. The highest BCUT2D eigenvalue weighted by atomic mass is 32.2. The summed E-state index contributed by atoms with van der Waals surface area (Å²) in [6.07, 6.45) is 0. The van der Waals surface area contributed by atoms with Crippen molar-refractivity contribution >= 4 is 21.8 Å². The number of nitrogens with zero attached hydrogens (tertiary/aromatic N) is 1. The normalized spacial score (nSPS) is 17.3. The van der Waals surface area contributed by atoms with Gasteiger partial charge in [-0.3, -0.25) is 0 Å². The molecule has 0 atom stereocenters. The van der Waals surface area contributed by atoms with E-state index in [9.17, 15) is 12.8 Å². The van der Waals surface area contributed by atoms with E-state index in [0.29, 0.717) is 25.7 Å². The molecule has 1 aliphatic heterocycles. The van der Waals surface area contributed by atoms with Gasteiger partial charge in [0.2, 0.25) is 10.0 Å². The Morgan fingerprint density at radius 2 is 2.00 bits per heavy atom. The lowest BCUT2D eigenvalue weighted by atomic mass is 10.2. The average molecular weight is 332 g/mol. The molecule has 0 radical (unpaired) electrons. The summed E-state index contributed by atoms with van der Waals surface area (Å²) in [5.41, 5.74) is 0.745. The van der Waals surface area contributed by atoms with Crippen molar-refractivity contribution < 1.29 is 12.8 Å². The zero-order valence-corrected chi connectivity index (χ0v) is 13.9. The van der Waals surface area contributed by atoms with Crippen molar-refractivity contribution in [1.29, 1.82) is 0 Å². The maximum Gasteiger partial charge on any atom is 0.246 e. The third kappa shape index (κ3) is 4.18. The Labute approximate surface area is 130 Å². The van der Waals surface area contributed by atoms with E-state index in [1.807, 2.05) is 13.8 Å². The van der Waals surface area contributed by atoms with E-state index in [-0.39, 0.29) is 4.90 Å². The van der Waals surface area contributed by atoms with E-state index in [1.54, 1.807) is 17.8 Å². The fourth-order valence-corrected chi connectivity index (χ4v) is 4.73. The molecule has 1 heterocycles. The van der Waals surface area contributed by atoms with Crippen LogP contribution in [-0.2, 0) is 16.6 Å². The lowest BCUT2D eigenvalue weighted by Crippen LogP contribution is -2.38. The Balaban J connectivity index is 2.19. The summed E-state index contributed by atoms with van der Waals surface area (Å²) in [6, 6.07) is 4.65. The van der Waals surface area contributed by atoms with Crippen LogP contribution in [0.4, 0.5) is 4.39 Å². The van der Waals surface area contributed by atoms with Gasteiger partial charge in [-0.1, -0.05) is 19.9 Å². The molecule has 7 heteroatoms. The summed E-state index contributed by atoms with van der Waals surface area (Å²) in [5.74, 6) is 0.852. The van der Waals surface area contributed by atoms with Crippen molar-refractivity contribution in [3.63, 3.8) is 0 Å². The van der Waals surface area contributed by atoms with Crippen LogP contribution in [0.3, 0.4) is 0 Å². The number of benzene rings is 1. The molecule has 2 rings (SSSR count). The average Bonchev–Trinajstić information content (AvgIpc) is 2.46. The Kier molecular flexibility index (Phi) is 5.65. The van der Waals surface area contributed by atoms with Gasteiger partial charge < -0.3 is 5.32 Å². The highest BCUT2D eigenvalue weighted by Gasteiger charge is 2.28. The topological polar surface area (TPSA) is 49.4 Å². The molecule has 0 unspecified atom stereocenters. The van der Waals surface area contributed by atoms with Crippen LogP contribution in [0.2, 0.25) is 0 Å². The first-order valence-electron chi connectivity index (χ1n) is 7.01. The number of hydrogen-bond acceptors (Lipinski definition) is 4. The molecule has 1 aromatic carbocycles. The van der Waals surface area contributed by atoms with Crippen LogP contribution in [0, 0.1) is 5.82 Å². The van der Waals surface area contributed by atoms with Crippen LogP contribution in [0.25, 0.3) is 0 Å². The summed E-state index contributed by atoms with van der Waals surface area (Å²) in [7, 11) is -3.72. The van der Waals surface area contributed by atoms with Crippen molar-refractivity contribution in [2.24, 2.45) is 0 Å². The highest BCUT2D eigenvalue weighted by molar-refractivity contribution is 7.99. The Morgan fingerprint density at radius 1 is 1.33 bits per heavy atom. The van der Waals surface area contributed by atoms with E-state index >= 15 is 0 Å². The Hall–Kier alpha value is -0.630. The van der Waals surface area contributed by atoms with Gasteiger partial charge in [-0.05, 0) is 17.7 Å². The van der Waals surface area contributed by atoms with Crippen LogP contribution in [0.5, 0.6) is 0 Å². The first kappa shape index (κ1) is 16.7. The van der Waals surface area contributed by atoms with Crippen molar-refractivity contribution in [3.05, 3.63) is 29.6 Å². The summed E-state index contributed by atoms with van der Waals surface area (Å²) in [5, 5.41) is 3.18. The molecule has 118 valence electrons. The molecule has 1 aromatic rings. The van der Waals surface area contributed by atoms with Crippen molar-refractivity contribution in [1.82, 2.24) is 9.62 Å². The molecule has 0 aliphatic carbocycles. The SMILES string of the molecule is CC(C)NCc1ccc(S(=O)(=O)N2CCSCC2)c(F)c1. The predicted molar refractivity (Wildman–Crippen MR) is 84.5 cm³/mol. The molecule has 0 aromatic heterocycles. The van der Waals surface area contributed by atoms with Gasteiger partial charge in [0, 0.05) is 37.2 Å². The molecule has 0 saturated carbocycles. The summed E-state index contributed by atoms with van der Waals surface area (Å²) in [4.78, 5) is -0.220. The van der Waals surface area contributed by atoms with Gasteiger partial charge in [0.15, 0.2) is 0 Å². The van der Waals surface area contributed by atoms with E-state index in [2.05, 4.69) is 5.32 Å². The fourth-order valence-electron chi connectivity index (χ4n) is 2.11. The lowest BCUT2D eigenvalue weighted by molar-refractivity contribution is 0.438. The standard InChI is InChI=1S/C14H21FN2O2S2/c1-11(2)16-10-12-3-4-14(13(15)9-12)21(18,19)17-5-7-20-8-6-17/h3-4,9,11,16H,5-8,10H2,1-2H3. The molecule has 0 spiro atoms. The van der Waals surface area contributed by atoms with Gasteiger partial charge >= 0.3 is 0 Å². The molecular formula is C14H21FN2O2S2. The molecule has 4 nitrogen and oxygen atoms in total. The second kappa shape index (κ2) is 7.09. The number of halogens is 1. The summed E-state index contributed by atoms with van der Waals surface area (Å²) < 4.78 is 40.4. The van der Waals surface area contributed by atoms with Crippen LogP contribution < -0.4 is 5.32 Å². The minimum absolute atomic E-state index is 0.220. The Bertz CT molecular complexity index is 585. The highest BCUT2D eigenvalue weighted by Crippen LogP contribution is 2.23. The number of thioether (sulfide) groups is 1. The van der Waals surface area contributed by atoms with Gasteiger partial charge in [-0.2, -0.15) is 16.1 Å². The molecule has 21 heavy (non-hydrogen) atoms. The molecule has 1 saturated heterocycles. The zero-order chi connectivity index (χ0) is 15.5. The second-order valence-corrected chi connectivity index (χ2v) is 8.45. The molecule has 1 N–H and O–H groups in total. The van der Waals surface area contributed by atoms with E-state index in [0.717, 1.165) is 17.1 Å². The molecule has 1 fully saturated rings. The number of rotatable bonds is 5. The predicted octanol–water partition coefficient (Wildman–Crippen LogP) is 2.06. The summed E-state index contributed by atoms with van der Waals surface area (Å²) >= 11 is 1.72. The Morgan fingerprint density at radius 3 is 2.57 bits per heavy atom. The molecule has 0 bridgehead atoms. The van der Waals surface area contributed by atoms with Crippen LogP contribution in [0.1, 0.15) is 19.4 Å². The maximum absolute atomic E-state index is 14.2. The first-order valence-corrected chi connectivity index (χ1v) is 9.60. The molecular weight excluding hydrogens is 311 g/mol. The number of hydrogen-bond donors (Lipinski definition) is 1. The maximum atomic E-state index is 14.2. The van der Waals surface area contributed by atoms with Gasteiger partial charge in [0.05, 0.1) is 0 Å². The third-order valence-corrected chi connectivity index (χ3v) is 6.17. The largest absolute Gasteiger partial charge is 0.310 e. The second-order valence-electron chi connectivity index (χ2n) is 5.32. The minimum atomic E-state index is -3.72. The van der Waals surface area contributed by atoms with Crippen molar-refractivity contribution in [3.8, 4) is 0 Å². The first-order chi connectivity index (χ1) is 9.91. The van der Waals surface area contributed by atoms with Crippen LogP contribution >= 0.6 is 11.8 Å². The van der Waals surface area contributed by atoms with Gasteiger partial charge in [-0.25, -0.2) is 12.8 Å². The molecule has 1 aliphatic rings. The van der Waals surface area contributed by atoms with Gasteiger partial charge in [0.1, 0.15) is 10.7 Å².